The Kier molecular flexibility index (Phi) is 7.15. The molecule has 170 valence electrons. The van der Waals surface area contributed by atoms with Gasteiger partial charge in [-0.05, 0) is 63.6 Å². The number of thiophene rings is 1. The van der Waals surface area contributed by atoms with Crippen LogP contribution in [0.3, 0.4) is 0 Å². The standard InChI is InChI=1S/C23H28N4O3S2/c1-13-14(2)32-23-20(13)22(29)26-18(27-23)12-31-15(3)21(28)25-11-16-8-9-24-19(10-16)30-17-6-4-5-7-17/h8-10,15,17H,4-7,11-12H2,1-3H3,(H,25,28)(H,26,27,29). The van der Waals surface area contributed by atoms with Crippen LogP contribution >= 0.6 is 23.1 Å². The molecule has 32 heavy (non-hydrogen) atoms. The molecule has 0 aromatic carbocycles. The van der Waals surface area contributed by atoms with Gasteiger partial charge in [-0.25, -0.2) is 9.97 Å². The van der Waals surface area contributed by atoms with E-state index < -0.39 is 0 Å². The van der Waals surface area contributed by atoms with Crippen LogP contribution in [0.15, 0.2) is 23.1 Å². The minimum atomic E-state index is -0.279. The van der Waals surface area contributed by atoms with Crippen molar-refractivity contribution in [3.05, 3.63) is 50.5 Å². The van der Waals surface area contributed by atoms with E-state index in [9.17, 15) is 9.59 Å². The van der Waals surface area contributed by atoms with Gasteiger partial charge in [0, 0.05) is 23.7 Å². The number of nitrogens with one attached hydrogen (secondary N) is 2. The zero-order valence-electron chi connectivity index (χ0n) is 18.6. The lowest BCUT2D eigenvalue weighted by molar-refractivity contribution is -0.120. The zero-order valence-corrected chi connectivity index (χ0v) is 20.2. The molecule has 1 unspecified atom stereocenters. The Morgan fingerprint density at radius 2 is 2.16 bits per heavy atom. The molecule has 4 rings (SSSR count). The largest absolute Gasteiger partial charge is 0.474 e. The van der Waals surface area contributed by atoms with Crippen LogP contribution in [-0.2, 0) is 17.1 Å². The fourth-order valence-electron chi connectivity index (χ4n) is 3.78. The number of aromatic amines is 1. The SMILES string of the molecule is Cc1sc2nc(CSC(C)C(=O)NCc3ccnc(OC4CCCC4)c3)[nH]c(=O)c2c1C. The normalized spacial score (nSPS) is 15.2. The summed E-state index contributed by atoms with van der Waals surface area (Å²) in [5.41, 5.74) is 1.83. The molecule has 0 aliphatic heterocycles. The average Bonchev–Trinajstić information content (AvgIpc) is 3.38. The molecule has 1 amide bonds. The van der Waals surface area contributed by atoms with Gasteiger partial charge in [-0.3, -0.25) is 9.59 Å². The van der Waals surface area contributed by atoms with Crippen molar-refractivity contribution in [2.24, 2.45) is 0 Å². The van der Waals surface area contributed by atoms with Gasteiger partial charge < -0.3 is 15.0 Å². The maximum atomic E-state index is 12.6. The van der Waals surface area contributed by atoms with Crippen LogP contribution < -0.4 is 15.6 Å². The van der Waals surface area contributed by atoms with Crippen molar-refractivity contribution in [3.8, 4) is 5.88 Å². The van der Waals surface area contributed by atoms with Gasteiger partial charge in [0.05, 0.1) is 16.4 Å². The third kappa shape index (κ3) is 5.32. The molecular formula is C23H28N4O3S2. The molecule has 9 heteroatoms. The first-order valence-electron chi connectivity index (χ1n) is 10.9. The first-order valence-corrected chi connectivity index (χ1v) is 12.8. The molecule has 3 aromatic rings. The summed E-state index contributed by atoms with van der Waals surface area (Å²) in [5.74, 6) is 1.62. The molecule has 1 saturated carbocycles. The Hall–Kier alpha value is -2.39. The van der Waals surface area contributed by atoms with Crippen molar-refractivity contribution >= 4 is 39.2 Å². The second-order valence-corrected chi connectivity index (χ2v) is 10.7. The number of hydrogen-bond acceptors (Lipinski definition) is 7. The molecule has 0 radical (unpaired) electrons. The van der Waals surface area contributed by atoms with Crippen molar-refractivity contribution in [2.75, 3.05) is 0 Å². The third-order valence-corrected chi connectivity index (χ3v) is 8.04. The van der Waals surface area contributed by atoms with Crippen molar-refractivity contribution in [1.29, 1.82) is 0 Å². The van der Waals surface area contributed by atoms with Crippen LogP contribution in [0.4, 0.5) is 0 Å². The quantitative estimate of drug-likeness (QED) is 0.509. The van der Waals surface area contributed by atoms with E-state index in [4.69, 9.17) is 4.74 Å². The van der Waals surface area contributed by atoms with Gasteiger partial charge >= 0.3 is 0 Å². The highest BCUT2D eigenvalue weighted by atomic mass is 32.2. The first kappa shape index (κ1) is 22.8. The fraction of sp³-hybridized carbons (Fsp3) is 0.478. The number of ether oxygens (including phenoxy) is 1. The topological polar surface area (TPSA) is 97.0 Å². The number of rotatable bonds is 8. The summed E-state index contributed by atoms with van der Waals surface area (Å²) in [7, 11) is 0. The van der Waals surface area contributed by atoms with E-state index >= 15 is 0 Å². The van der Waals surface area contributed by atoms with E-state index in [1.807, 2.05) is 32.9 Å². The van der Waals surface area contributed by atoms with Crippen LogP contribution in [0.5, 0.6) is 5.88 Å². The predicted octanol–water partition coefficient (Wildman–Crippen LogP) is 4.26. The molecule has 1 fully saturated rings. The van der Waals surface area contributed by atoms with Crippen molar-refractivity contribution in [1.82, 2.24) is 20.3 Å². The Balaban J connectivity index is 1.30. The number of aryl methyl sites for hydroxylation is 2. The average molecular weight is 473 g/mol. The Bertz CT molecular complexity index is 1170. The number of H-pyrrole nitrogens is 1. The van der Waals surface area contributed by atoms with Gasteiger partial charge in [-0.1, -0.05) is 0 Å². The molecule has 1 aliphatic rings. The minimum Gasteiger partial charge on any atom is -0.474 e. The molecule has 1 atom stereocenters. The number of thioether (sulfide) groups is 1. The zero-order chi connectivity index (χ0) is 22.7. The number of hydrogen-bond donors (Lipinski definition) is 2. The second kappa shape index (κ2) is 10.0. The second-order valence-electron chi connectivity index (χ2n) is 8.17. The van der Waals surface area contributed by atoms with Gasteiger partial charge in [0.15, 0.2) is 0 Å². The van der Waals surface area contributed by atoms with E-state index in [2.05, 4.69) is 20.3 Å². The number of pyridine rings is 1. The van der Waals surface area contributed by atoms with Crippen molar-refractivity contribution in [2.45, 2.75) is 70.1 Å². The number of fused-ring (bicyclic) bond motifs is 1. The maximum Gasteiger partial charge on any atom is 0.259 e. The summed E-state index contributed by atoms with van der Waals surface area (Å²) in [6, 6.07) is 3.78. The van der Waals surface area contributed by atoms with E-state index in [1.165, 1.54) is 35.9 Å². The molecule has 3 aromatic heterocycles. The summed E-state index contributed by atoms with van der Waals surface area (Å²) in [4.78, 5) is 38.6. The number of carbonyl (C=O) groups excluding carboxylic acids is 1. The molecule has 1 aliphatic carbocycles. The monoisotopic (exact) mass is 472 g/mol. The maximum absolute atomic E-state index is 12.6. The molecule has 7 nitrogen and oxygen atoms in total. The van der Waals surface area contributed by atoms with E-state index in [-0.39, 0.29) is 22.8 Å². The van der Waals surface area contributed by atoms with E-state index in [0.717, 1.165) is 33.7 Å². The van der Waals surface area contributed by atoms with Gasteiger partial charge in [0.1, 0.15) is 16.8 Å². The Labute approximate surface area is 195 Å². The summed E-state index contributed by atoms with van der Waals surface area (Å²) in [6.45, 7) is 6.21. The highest BCUT2D eigenvalue weighted by Crippen LogP contribution is 2.27. The first-order chi connectivity index (χ1) is 15.4. The van der Waals surface area contributed by atoms with Gasteiger partial charge in [0.25, 0.3) is 5.56 Å². The van der Waals surface area contributed by atoms with Crippen molar-refractivity contribution in [3.63, 3.8) is 0 Å². The lowest BCUT2D eigenvalue weighted by Gasteiger charge is -2.14. The number of nitrogens with zero attached hydrogens (tertiary/aromatic N) is 2. The van der Waals surface area contributed by atoms with Crippen LogP contribution in [0, 0.1) is 13.8 Å². The number of carbonyl (C=O) groups is 1. The van der Waals surface area contributed by atoms with Crippen LogP contribution in [-0.4, -0.2) is 32.2 Å². The predicted molar refractivity (Wildman–Crippen MR) is 129 cm³/mol. The van der Waals surface area contributed by atoms with Crippen molar-refractivity contribution < 1.29 is 9.53 Å². The number of aromatic nitrogens is 3. The molecular weight excluding hydrogens is 444 g/mol. The lowest BCUT2D eigenvalue weighted by Crippen LogP contribution is -2.30. The van der Waals surface area contributed by atoms with Crippen LogP contribution in [0.1, 0.15) is 54.4 Å². The van der Waals surface area contributed by atoms with E-state index in [0.29, 0.717) is 29.4 Å². The van der Waals surface area contributed by atoms with Crippen LogP contribution in [0.25, 0.3) is 10.2 Å². The highest BCUT2D eigenvalue weighted by Gasteiger charge is 2.18. The molecule has 0 spiro atoms. The van der Waals surface area contributed by atoms with Gasteiger partial charge in [-0.2, -0.15) is 0 Å². The molecule has 0 saturated heterocycles. The van der Waals surface area contributed by atoms with Gasteiger partial charge in [-0.15, -0.1) is 23.1 Å². The summed E-state index contributed by atoms with van der Waals surface area (Å²) in [6.07, 6.45) is 6.55. The minimum absolute atomic E-state index is 0.0590. The summed E-state index contributed by atoms with van der Waals surface area (Å²) < 4.78 is 5.94. The Morgan fingerprint density at radius 3 is 2.94 bits per heavy atom. The van der Waals surface area contributed by atoms with E-state index in [1.54, 1.807) is 6.20 Å². The highest BCUT2D eigenvalue weighted by molar-refractivity contribution is 7.99. The van der Waals surface area contributed by atoms with Crippen LogP contribution in [0.2, 0.25) is 0 Å². The molecule has 0 bridgehead atoms. The molecule has 2 N–H and O–H groups in total. The Morgan fingerprint density at radius 1 is 1.38 bits per heavy atom. The smallest absolute Gasteiger partial charge is 0.259 e. The third-order valence-electron chi connectivity index (χ3n) is 5.78. The fourth-order valence-corrected chi connectivity index (χ4v) is 5.61. The molecule has 3 heterocycles. The number of amides is 1. The summed E-state index contributed by atoms with van der Waals surface area (Å²) in [5, 5.41) is 3.36. The summed E-state index contributed by atoms with van der Waals surface area (Å²) >= 11 is 2.98. The lowest BCUT2D eigenvalue weighted by atomic mass is 10.2. The van der Waals surface area contributed by atoms with Gasteiger partial charge in [0.2, 0.25) is 11.8 Å².